The van der Waals surface area contributed by atoms with Gasteiger partial charge >= 0.3 is 0 Å². The minimum absolute atomic E-state index is 0.120. The molecule has 1 saturated carbocycles. The summed E-state index contributed by atoms with van der Waals surface area (Å²) in [5.41, 5.74) is 3.34. The fourth-order valence-electron chi connectivity index (χ4n) is 4.84. The van der Waals surface area contributed by atoms with Gasteiger partial charge in [-0.15, -0.1) is 11.3 Å². The molecule has 0 unspecified atom stereocenters. The number of benzene rings is 2. The first kappa shape index (κ1) is 25.9. The van der Waals surface area contributed by atoms with E-state index >= 15 is 0 Å². The van der Waals surface area contributed by atoms with Gasteiger partial charge in [0.15, 0.2) is 0 Å². The normalized spacial score (nSPS) is 17.8. The van der Waals surface area contributed by atoms with Crippen molar-refractivity contribution in [2.24, 2.45) is 0 Å². The molecule has 3 aromatic rings. The molecule has 0 spiro atoms. The summed E-state index contributed by atoms with van der Waals surface area (Å²) in [6.07, 6.45) is 2.34. The highest BCUT2D eigenvalue weighted by molar-refractivity contribution is 7.89. The van der Waals surface area contributed by atoms with Crippen molar-refractivity contribution in [2.45, 2.75) is 62.9 Å². The Morgan fingerprint density at radius 1 is 1.08 bits per heavy atom. The van der Waals surface area contributed by atoms with Gasteiger partial charge in [-0.2, -0.15) is 4.31 Å². The predicted molar refractivity (Wildman–Crippen MR) is 147 cm³/mol. The average Bonchev–Trinajstić information content (AvgIpc) is 3.61. The first-order chi connectivity index (χ1) is 17.7. The summed E-state index contributed by atoms with van der Waals surface area (Å²) in [6, 6.07) is 16.6. The van der Waals surface area contributed by atoms with E-state index in [1.54, 1.807) is 35.6 Å². The summed E-state index contributed by atoms with van der Waals surface area (Å²) in [7, 11) is -3.77. The number of nitrogens with zero attached hydrogens (tertiary/aromatic N) is 2. The molecule has 5 rings (SSSR count). The van der Waals surface area contributed by atoms with E-state index in [4.69, 9.17) is 4.74 Å². The van der Waals surface area contributed by atoms with Gasteiger partial charge in [-0.1, -0.05) is 43.7 Å². The molecule has 6 nitrogen and oxygen atoms in total. The van der Waals surface area contributed by atoms with E-state index in [9.17, 15) is 13.2 Å². The molecule has 0 saturated heterocycles. The summed E-state index contributed by atoms with van der Waals surface area (Å²) in [6.45, 7) is 6.96. The quantitative estimate of drug-likeness (QED) is 0.359. The van der Waals surface area contributed by atoms with Crippen LogP contribution < -0.4 is 4.74 Å². The van der Waals surface area contributed by atoms with Crippen molar-refractivity contribution in [3.8, 4) is 5.75 Å². The lowest BCUT2D eigenvalue weighted by Gasteiger charge is -2.37. The van der Waals surface area contributed by atoms with Crippen LogP contribution in [0.4, 0.5) is 0 Å². The van der Waals surface area contributed by atoms with Crippen LogP contribution in [0.2, 0.25) is 0 Å². The van der Waals surface area contributed by atoms with Crippen molar-refractivity contribution >= 4 is 27.3 Å². The van der Waals surface area contributed by atoms with Crippen LogP contribution in [0.25, 0.3) is 0 Å². The fourth-order valence-corrected chi connectivity index (χ4v) is 7.40. The van der Waals surface area contributed by atoms with Crippen molar-refractivity contribution in [3.63, 3.8) is 0 Å². The average molecular weight is 539 g/mol. The maximum Gasteiger partial charge on any atom is 0.243 e. The third kappa shape index (κ3) is 5.61. The molecule has 2 aromatic carbocycles. The third-order valence-corrected chi connectivity index (χ3v) is 10.2. The summed E-state index contributed by atoms with van der Waals surface area (Å²) in [4.78, 5) is 17.0. The van der Waals surface area contributed by atoms with Crippen LogP contribution in [0, 0.1) is 6.92 Å². The van der Waals surface area contributed by atoms with E-state index in [2.05, 4.69) is 37.4 Å². The first-order valence-corrected chi connectivity index (χ1v) is 15.2. The summed E-state index contributed by atoms with van der Waals surface area (Å²) < 4.78 is 34.6. The number of hydrogen-bond donors (Lipinski definition) is 0. The largest absolute Gasteiger partial charge is 0.491 e. The highest BCUT2D eigenvalue weighted by atomic mass is 32.2. The zero-order valence-electron chi connectivity index (χ0n) is 21.6. The maximum atomic E-state index is 13.7. The van der Waals surface area contributed by atoms with Crippen molar-refractivity contribution in [1.29, 1.82) is 0 Å². The molecule has 8 heteroatoms. The van der Waals surface area contributed by atoms with Gasteiger partial charge in [-0.3, -0.25) is 4.79 Å². The van der Waals surface area contributed by atoms with E-state index in [0.29, 0.717) is 19.1 Å². The molecule has 1 aliphatic heterocycles. The standard InChI is InChI=1S/C29H34N2O4S2/c1-20(2)22-6-10-24(11-7-22)35-19-27-26-15-17-36-28(26)14-16-30(27)29(32)18-31(23-8-9-23)37(33,34)25-12-4-21(3)5-13-25/h4-7,10-13,15,17,20,23,27H,8-9,14,16,18-19H2,1-3H3/t27-/m1/s1. The van der Waals surface area contributed by atoms with Crippen LogP contribution in [-0.4, -0.2) is 49.3 Å². The molecule has 2 aliphatic rings. The molecular weight excluding hydrogens is 504 g/mol. The zero-order chi connectivity index (χ0) is 26.2. The SMILES string of the molecule is Cc1ccc(S(=O)(=O)N(CC(=O)N2CCc3sccc3[C@H]2COc2ccc(C(C)C)cc2)C2CC2)cc1. The molecule has 0 radical (unpaired) electrons. The Hall–Kier alpha value is -2.68. The second-order valence-electron chi connectivity index (χ2n) is 10.3. The van der Waals surface area contributed by atoms with E-state index < -0.39 is 10.0 Å². The molecular formula is C29H34N2O4S2. The second-order valence-corrected chi connectivity index (χ2v) is 13.2. The Bertz CT molecular complexity index is 1340. The van der Waals surface area contributed by atoms with Crippen LogP contribution in [-0.2, 0) is 21.2 Å². The number of fused-ring (bicyclic) bond motifs is 1. The number of carbonyl (C=O) groups is 1. The molecule has 37 heavy (non-hydrogen) atoms. The molecule has 0 bridgehead atoms. The molecule has 196 valence electrons. The van der Waals surface area contributed by atoms with Crippen LogP contribution >= 0.6 is 11.3 Å². The van der Waals surface area contributed by atoms with E-state index in [1.165, 1.54) is 14.7 Å². The lowest BCUT2D eigenvalue weighted by atomic mass is 10.0. The topological polar surface area (TPSA) is 66.9 Å². The predicted octanol–water partition coefficient (Wildman–Crippen LogP) is 5.54. The van der Waals surface area contributed by atoms with E-state index in [-0.39, 0.29) is 29.4 Å². The second kappa shape index (κ2) is 10.6. The van der Waals surface area contributed by atoms with Crippen molar-refractivity contribution in [3.05, 3.63) is 81.5 Å². The van der Waals surface area contributed by atoms with Gasteiger partial charge in [0.2, 0.25) is 15.9 Å². The summed E-state index contributed by atoms with van der Waals surface area (Å²) in [5, 5.41) is 2.06. The van der Waals surface area contributed by atoms with Gasteiger partial charge in [-0.05, 0) is 78.9 Å². The Balaban J connectivity index is 1.35. The monoisotopic (exact) mass is 538 g/mol. The summed E-state index contributed by atoms with van der Waals surface area (Å²) in [5.74, 6) is 1.03. The number of rotatable bonds is 9. The van der Waals surface area contributed by atoms with Crippen molar-refractivity contribution in [2.75, 3.05) is 19.7 Å². The van der Waals surface area contributed by atoms with Gasteiger partial charge in [0.05, 0.1) is 17.5 Å². The maximum absolute atomic E-state index is 13.7. The number of aryl methyl sites for hydroxylation is 1. The van der Waals surface area contributed by atoms with Gasteiger partial charge in [0, 0.05) is 17.5 Å². The van der Waals surface area contributed by atoms with Crippen molar-refractivity contribution < 1.29 is 17.9 Å². The van der Waals surface area contributed by atoms with Gasteiger partial charge in [0.1, 0.15) is 12.4 Å². The number of sulfonamides is 1. The number of amides is 1. The molecule has 1 aromatic heterocycles. The lowest BCUT2D eigenvalue weighted by molar-refractivity contribution is -0.135. The zero-order valence-corrected chi connectivity index (χ0v) is 23.2. The molecule has 1 atom stereocenters. The lowest BCUT2D eigenvalue weighted by Crippen LogP contribution is -2.48. The minimum atomic E-state index is -3.77. The number of thiophene rings is 1. The Labute approximate surface area is 223 Å². The highest BCUT2D eigenvalue weighted by Gasteiger charge is 2.41. The first-order valence-electron chi connectivity index (χ1n) is 12.9. The third-order valence-electron chi connectivity index (χ3n) is 7.24. The van der Waals surface area contributed by atoms with Crippen molar-refractivity contribution in [1.82, 2.24) is 9.21 Å². The number of carbonyl (C=O) groups excluding carboxylic acids is 1. The molecule has 1 fully saturated rings. The summed E-state index contributed by atoms with van der Waals surface area (Å²) >= 11 is 1.70. The van der Waals surface area contributed by atoms with Gasteiger partial charge < -0.3 is 9.64 Å². The van der Waals surface area contributed by atoms with Crippen LogP contribution in [0.3, 0.4) is 0 Å². The van der Waals surface area contributed by atoms with Crippen LogP contribution in [0.15, 0.2) is 64.9 Å². The molecule has 0 N–H and O–H groups in total. The van der Waals surface area contributed by atoms with Crippen LogP contribution in [0.1, 0.15) is 60.2 Å². The van der Waals surface area contributed by atoms with E-state index in [1.807, 2.05) is 24.0 Å². The number of hydrogen-bond acceptors (Lipinski definition) is 5. The Kier molecular flexibility index (Phi) is 7.43. The molecule has 2 heterocycles. The Morgan fingerprint density at radius 3 is 2.43 bits per heavy atom. The smallest absolute Gasteiger partial charge is 0.243 e. The van der Waals surface area contributed by atoms with E-state index in [0.717, 1.165) is 36.1 Å². The minimum Gasteiger partial charge on any atom is -0.491 e. The Morgan fingerprint density at radius 2 is 1.78 bits per heavy atom. The van der Waals surface area contributed by atoms with Crippen LogP contribution in [0.5, 0.6) is 5.75 Å². The van der Waals surface area contributed by atoms with Gasteiger partial charge in [0.25, 0.3) is 0 Å². The molecule has 1 aliphatic carbocycles. The highest BCUT2D eigenvalue weighted by Crippen LogP contribution is 2.36. The number of ether oxygens (including phenoxy) is 1. The molecule has 1 amide bonds. The van der Waals surface area contributed by atoms with Gasteiger partial charge in [-0.25, -0.2) is 8.42 Å². The fraction of sp³-hybridized carbons (Fsp3) is 0.414.